The van der Waals surface area contributed by atoms with E-state index in [0.717, 1.165) is 32.6 Å². The first-order valence-electron chi connectivity index (χ1n) is 5.83. The summed E-state index contributed by atoms with van der Waals surface area (Å²) in [4.78, 5) is 15.9. The van der Waals surface area contributed by atoms with Crippen LogP contribution in [0, 0.1) is 0 Å². The average molecular weight is 286 g/mol. The Morgan fingerprint density at radius 1 is 1.47 bits per heavy atom. The number of piperazine rings is 1. The van der Waals surface area contributed by atoms with E-state index in [-0.39, 0.29) is 30.7 Å². The van der Waals surface area contributed by atoms with Crippen LogP contribution < -0.4 is 5.32 Å². The number of nitrogens with one attached hydrogen (secondary N) is 1. The maximum atomic E-state index is 11.9. The van der Waals surface area contributed by atoms with Crippen molar-refractivity contribution in [3.63, 3.8) is 0 Å². The first-order valence-corrected chi connectivity index (χ1v) is 5.83. The molecule has 1 fully saturated rings. The monoisotopic (exact) mass is 285 g/mol. The number of rotatable bonds is 4. The van der Waals surface area contributed by atoms with Gasteiger partial charge >= 0.3 is 0 Å². The van der Waals surface area contributed by atoms with Crippen LogP contribution >= 0.6 is 24.8 Å². The van der Waals surface area contributed by atoms with Crippen LogP contribution in [0.3, 0.4) is 0 Å². The van der Waals surface area contributed by atoms with Gasteiger partial charge in [0.25, 0.3) is 0 Å². The molecule has 1 amide bonds. The maximum absolute atomic E-state index is 11.9. The fourth-order valence-electron chi connectivity index (χ4n) is 1.95. The van der Waals surface area contributed by atoms with Gasteiger partial charge in [0.2, 0.25) is 5.91 Å². The van der Waals surface area contributed by atoms with E-state index >= 15 is 0 Å². The third-order valence-electron chi connectivity index (χ3n) is 2.73. The summed E-state index contributed by atoms with van der Waals surface area (Å²) in [6.45, 7) is 8.42. The van der Waals surface area contributed by atoms with Crippen LogP contribution in [-0.2, 0) is 4.79 Å². The molecule has 0 aromatic carbocycles. The number of likely N-dealkylation sites (N-methyl/N-ethyl adjacent to an activating group) is 1. The zero-order valence-electron chi connectivity index (χ0n) is 10.9. The lowest BCUT2D eigenvalue weighted by atomic mass is 10.2. The zero-order valence-corrected chi connectivity index (χ0v) is 12.6. The van der Waals surface area contributed by atoms with Crippen LogP contribution in [0.15, 0.2) is 0 Å². The minimum Gasteiger partial charge on any atom is -0.339 e. The van der Waals surface area contributed by atoms with Gasteiger partial charge in [-0.2, -0.15) is 0 Å². The molecule has 0 unspecified atom stereocenters. The van der Waals surface area contributed by atoms with E-state index in [1.165, 1.54) is 0 Å². The summed E-state index contributed by atoms with van der Waals surface area (Å²) in [6.07, 6.45) is 1.10. The maximum Gasteiger partial charge on any atom is 0.236 e. The third-order valence-corrected chi connectivity index (χ3v) is 2.73. The Balaban J connectivity index is 0. The van der Waals surface area contributed by atoms with Gasteiger partial charge in [-0.3, -0.25) is 9.69 Å². The first-order chi connectivity index (χ1) is 7.13. The smallest absolute Gasteiger partial charge is 0.236 e. The molecule has 104 valence electrons. The molecule has 1 saturated heterocycles. The lowest BCUT2D eigenvalue weighted by Crippen LogP contribution is -2.53. The average Bonchev–Trinajstić information content (AvgIpc) is 2.18. The van der Waals surface area contributed by atoms with E-state index in [4.69, 9.17) is 0 Å². The Labute approximate surface area is 117 Å². The lowest BCUT2D eigenvalue weighted by Gasteiger charge is -2.33. The molecule has 1 rings (SSSR count). The summed E-state index contributed by atoms with van der Waals surface area (Å²) in [5.74, 6) is 0.263. The molecule has 0 aliphatic carbocycles. The first kappa shape index (κ1) is 19.3. The van der Waals surface area contributed by atoms with Crippen molar-refractivity contribution < 1.29 is 4.79 Å². The van der Waals surface area contributed by atoms with Gasteiger partial charge in [-0.1, -0.05) is 6.92 Å². The van der Waals surface area contributed by atoms with Crippen molar-refractivity contribution in [3.05, 3.63) is 0 Å². The second kappa shape index (κ2) is 9.95. The molecule has 1 aliphatic rings. The molecule has 0 spiro atoms. The van der Waals surface area contributed by atoms with Gasteiger partial charge < -0.3 is 10.2 Å². The highest BCUT2D eigenvalue weighted by Gasteiger charge is 2.20. The summed E-state index contributed by atoms with van der Waals surface area (Å²) in [5, 5.41) is 3.34. The van der Waals surface area contributed by atoms with E-state index in [0.29, 0.717) is 12.6 Å². The molecule has 1 aliphatic heterocycles. The van der Waals surface area contributed by atoms with Crippen molar-refractivity contribution in [1.82, 2.24) is 15.1 Å². The second-order valence-corrected chi connectivity index (χ2v) is 4.43. The molecular weight excluding hydrogens is 261 g/mol. The predicted molar refractivity (Wildman–Crippen MR) is 76.3 cm³/mol. The van der Waals surface area contributed by atoms with E-state index in [9.17, 15) is 4.79 Å². The number of halogens is 2. The molecule has 0 bridgehead atoms. The molecule has 1 heterocycles. The van der Waals surface area contributed by atoms with E-state index in [2.05, 4.69) is 24.1 Å². The van der Waals surface area contributed by atoms with Gasteiger partial charge in [0.1, 0.15) is 0 Å². The Kier molecular flexibility index (Phi) is 11.3. The van der Waals surface area contributed by atoms with Crippen LogP contribution in [0.2, 0.25) is 0 Å². The minimum atomic E-state index is 0. The SMILES string of the molecule is CCCN(C)CC(=O)N1CCN[C@@H](C)C1.Cl.Cl. The number of carbonyl (C=O) groups excluding carboxylic acids is 1. The van der Waals surface area contributed by atoms with E-state index < -0.39 is 0 Å². The van der Waals surface area contributed by atoms with Gasteiger partial charge in [0.05, 0.1) is 6.54 Å². The topological polar surface area (TPSA) is 35.6 Å². The van der Waals surface area contributed by atoms with Crippen LogP contribution in [0.1, 0.15) is 20.3 Å². The quantitative estimate of drug-likeness (QED) is 0.837. The molecule has 0 aromatic heterocycles. The largest absolute Gasteiger partial charge is 0.339 e. The Morgan fingerprint density at radius 2 is 2.12 bits per heavy atom. The molecule has 1 N–H and O–H groups in total. The molecule has 0 aromatic rings. The van der Waals surface area contributed by atoms with Crippen molar-refractivity contribution in [2.24, 2.45) is 0 Å². The molecule has 6 heteroatoms. The van der Waals surface area contributed by atoms with E-state index in [1.54, 1.807) is 0 Å². The minimum absolute atomic E-state index is 0. The molecule has 1 atom stereocenters. The molecule has 0 saturated carbocycles. The highest BCUT2D eigenvalue weighted by Crippen LogP contribution is 2.00. The van der Waals surface area contributed by atoms with Gasteiger partial charge in [-0.15, -0.1) is 24.8 Å². The van der Waals surface area contributed by atoms with Crippen LogP contribution in [0.25, 0.3) is 0 Å². The van der Waals surface area contributed by atoms with Crippen molar-refractivity contribution >= 4 is 30.7 Å². The molecule has 4 nitrogen and oxygen atoms in total. The Hall–Kier alpha value is -0.0300. The van der Waals surface area contributed by atoms with Gasteiger partial charge in [0, 0.05) is 25.7 Å². The van der Waals surface area contributed by atoms with Crippen molar-refractivity contribution in [2.45, 2.75) is 26.3 Å². The van der Waals surface area contributed by atoms with Gasteiger partial charge in [-0.05, 0) is 26.9 Å². The summed E-state index contributed by atoms with van der Waals surface area (Å²) in [5.41, 5.74) is 0. The third kappa shape index (κ3) is 7.09. The molecular formula is C11H25Cl2N3O. The number of amides is 1. The number of hydrogen-bond acceptors (Lipinski definition) is 3. The predicted octanol–water partition coefficient (Wildman–Crippen LogP) is 0.992. The van der Waals surface area contributed by atoms with E-state index in [1.807, 2.05) is 11.9 Å². The Bertz CT molecular complexity index is 217. The molecule has 0 radical (unpaired) electrons. The van der Waals surface area contributed by atoms with Crippen molar-refractivity contribution in [2.75, 3.05) is 39.8 Å². The standard InChI is InChI=1S/C11H23N3O.2ClH/c1-4-6-13(3)9-11(15)14-7-5-12-10(2)8-14;;/h10,12H,4-9H2,1-3H3;2*1H/t10-;;/m0../s1. The molecule has 17 heavy (non-hydrogen) atoms. The Morgan fingerprint density at radius 3 is 2.65 bits per heavy atom. The number of nitrogens with zero attached hydrogens (tertiary/aromatic N) is 2. The van der Waals surface area contributed by atoms with Crippen LogP contribution in [0.4, 0.5) is 0 Å². The summed E-state index contributed by atoms with van der Waals surface area (Å²) < 4.78 is 0. The van der Waals surface area contributed by atoms with Crippen LogP contribution in [-0.4, -0.2) is 61.5 Å². The summed E-state index contributed by atoms with van der Waals surface area (Å²) >= 11 is 0. The second-order valence-electron chi connectivity index (χ2n) is 4.43. The van der Waals surface area contributed by atoms with Crippen molar-refractivity contribution in [1.29, 1.82) is 0 Å². The fraction of sp³-hybridized carbons (Fsp3) is 0.909. The lowest BCUT2D eigenvalue weighted by molar-refractivity contribution is -0.133. The fourth-order valence-corrected chi connectivity index (χ4v) is 1.95. The highest BCUT2D eigenvalue weighted by atomic mass is 35.5. The normalized spacial score (nSPS) is 19.5. The highest BCUT2D eigenvalue weighted by molar-refractivity contribution is 5.85. The van der Waals surface area contributed by atoms with Crippen molar-refractivity contribution in [3.8, 4) is 0 Å². The van der Waals surface area contributed by atoms with Crippen LogP contribution in [0.5, 0.6) is 0 Å². The number of carbonyl (C=O) groups is 1. The van der Waals surface area contributed by atoms with Gasteiger partial charge in [0.15, 0.2) is 0 Å². The summed E-state index contributed by atoms with van der Waals surface area (Å²) in [6, 6.07) is 0.430. The zero-order chi connectivity index (χ0) is 11.3. The van der Waals surface area contributed by atoms with Gasteiger partial charge in [-0.25, -0.2) is 0 Å². The summed E-state index contributed by atoms with van der Waals surface area (Å²) in [7, 11) is 2.01. The number of hydrogen-bond donors (Lipinski definition) is 1.